The Morgan fingerprint density at radius 1 is 1.05 bits per heavy atom. The topological polar surface area (TPSA) is 30.0 Å². The molecule has 1 saturated carbocycles. The summed E-state index contributed by atoms with van der Waals surface area (Å²) in [6.45, 7) is 0. The molecule has 0 N–H and O–H groups in total. The highest BCUT2D eigenvalue weighted by molar-refractivity contribution is 6.03. The molecule has 2 aromatic rings. The first-order valence-corrected chi connectivity index (χ1v) is 7.08. The Morgan fingerprint density at radius 2 is 1.73 bits per heavy atom. The van der Waals surface area contributed by atoms with Crippen LogP contribution in [-0.4, -0.2) is 10.8 Å². The van der Waals surface area contributed by atoms with Crippen LogP contribution in [0.2, 0.25) is 0 Å². The maximum Gasteiger partial charge on any atom is 0.416 e. The fourth-order valence-electron chi connectivity index (χ4n) is 3.04. The molecule has 0 amide bonds. The predicted molar refractivity (Wildman–Crippen MR) is 75.5 cm³/mol. The van der Waals surface area contributed by atoms with E-state index < -0.39 is 17.2 Å². The fourth-order valence-corrected chi connectivity index (χ4v) is 3.04. The van der Waals surface area contributed by atoms with Crippen LogP contribution in [0.25, 0.3) is 0 Å². The van der Waals surface area contributed by atoms with Crippen molar-refractivity contribution in [2.45, 2.75) is 30.9 Å². The van der Waals surface area contributed by atoms with Gasteiger partial charge in [-0.05, 0) is 36.6 Å². The van der Waals surface area contributed by atoms with Gasteiger partial charge in [-0.3, -0.25) is 9.78 Å². The fraction of sp³-hybridized carbons (Fsp3) is 0.294. The van der Waals surface area contributed by atoms with Crippen LogP contribution < -0.4 is 0 Å². The Hall–Kier alpha value is -2.17. The third kappa shape index (κ3) is 2.30. The van der Waals surface area contributed by atoms with E-state index in [2.05, 4.69) is 4.98 Å². The summed E-state index contributed by atoms with van der Waals surface area (Å²) < 4.78 is 39.8. The van der Waals surface area contributed by atoms with Gasteiger partial charge >= 0.3 is 6.18 Å². The van der Waals surface area contributed by atoms with Crippen LogP contribution in [0.3, 0.4) is 0 Å². The first-order valence-electron chi connectivity index (χ1n) is 7.08. The van der Waals surface area contributed by atoms with Gasteiger partial charge in [-0.15, -0.1) is 0 Å². The van der Waals surface area contributed by atoms with Gasteiger partial charge in [-0.2, -0.15) is 13.2 Å². The second-order valence-electron chi connectivity index (χ2n) is 5.52. The summed E-state index contributed by atoms with van der Waals surface area (Å²) >= 11 is 0. The molecule has 22 heavy (non-hydrogen) atoms. The monoisotopic (exact) mass is 305 g/mol. The van der Waals surface area contributed by atoms with Gasteiger partial charge in [0, 0.05) is 6.20 Å². The van der Waals surface area contributed by atoms with Gasteiger partial charge in [0.2, 0.25) is 0 Å². The molecule has 0 atom stereocenters. The maximum atomic E-state index is 13.3. The van der Waals surface area contributed by atoms with Crippen LogP contribution in [0.1, 0.15) is 40.9 Å². The van der Waals surface area contributed by atoms with Crippen molar-refractivity contribution in [1.82, 2.24) is 4.98 Å². The number of benzene rings is 1. The Kier molecular flexibility index (Phi) is 3.51. The number of hydrogen-bond donors (Lipinski definition) is 0. The average molecular weight is 305 g/mol. The van der Waals surface area contributed by atoms with Crippen molar-refractivity contribution in [3.63, 3.8) is 0 Å². The molecule has 1 fully saturated rings. The van der Waals surface area contributed by atoms with Crippen LogP contribution in [-0.2, 0) is 11.6 Å². The van der Waals surface area contributed by atoms with Crippen molar-refractivity contribution in [2.75, 3.05) is 0 Å². The minimum atomic E-state index is -4.47. The highest BCUT2D eigenvalue weighted by atomic mass is 19.4. The number of hydrogen-bond acceptors (Lipinski definition) is 2. The van der Waals surface area contributed by atoms with Crippen molar-refractivity contribution in [3.05, 3.63) is 65.5 Å². The molecule has 0 spiro atoms. The summed E-state index contributed by atoms with van der Waals surface area (Å²) in [7, 11) is 0. The van der Waals surface area contributed by atoms with Gasteiger partial charge in [0.25, 0.3) is 0 Å². The molecule has 1 aromatic carbocycles. The molecule has 1 heterocycles. The van der Waals surface area contributed by atoms with E-state index in [-0.39, 0.29) is 17.0 Å². The Balaban J connectivity index is 2.11. The molecule has 0 radical (unpaired) electrons. The SMILES string of the molecule is O=C(c1ccccn1)C1(c2ccccc2C(F)(F)F)CCC1. The standard InChI is InChI=1S/C17H14F3NO/c18-17(19,20)13-7-2-1-6-12(13)16(9-5-10-16)15(22)14-8-3-4-11-21-14/h1-4,6-8,11H,5,9-10H2. The first-order chi connectivity index (χ1) is 10.5. The van der Waals surface area contributed by atoms with Crippen molar-refractivity contribution in [1.29, 1.82) is 0 Å². The van der Waals surface area contributed by atoms with E-state index in [9.17, 15) is 18.0 Å². The van der Waals surface area contributed by atoms with Gasteiger partial charge in [-0.25, -0.2) is 0 Å². The third-order valence-corrected chi connectivity index (χ3v) is 4.29. The Bertz CT molecular complexity index is 691. The van der Waals surface area contributed by atoms with Gasteiger partial charge in [0.1, 0.15) is 5.69 Å². The maximum absolute atomic E-state index is 13.3. The van der Waals surface area contributed by atoms with Crippen molar-refractivity contribution in [3.8, 4) is 0 Å². The molecule has 0 aliphatic heterocycles. The number of aromatic nitrogens is 1. The molecular weight excluding hydrogens is 291 g/mol. The molecule has 0 saturated heterocycles. The van der Waals surface area contributed by atoms with E-state index in [0.29, 0.717) is 12.8 Å². The van der Waals surface area contributed by atoms with Crippen LogP contribution in [0, 0.1) is 0 Å². The molecule has 0 bridgehead atoms. The normalized spacial score (nSPS) is 16.9. The number of halogens is 3. The smallest absolute Gasteiger partial charge is 0.291 e. The van der Waals surface area contributed by atoms with E-state index >= 15 is 0 Å². The Morgan fingerprint density at radius 3 is 2.27 bits per heavy atom. The van der Waals surface area contributed by atoms with Crippen LogP contribution in [0.5, 0.6) is 0 Å². The summed E-state index contributed by atoms with van der Waals surface area (Å²) in [6, 6.07) is 10.3. The molecule has 114 valence electrons. The molecular formula is C17H14F3NO. The number of pyridine rings is 1. The number of Topliss-reactive ketones (excluding diaryl/α,β-unsaturated/α-hetero) is 1. The largest absolute Gasteiger partial charge is 0.416 e. The number of alkyl halides is 3. The highest BCUT2D eigenvalue weighted by Gasteiger charge is 2.50. The number of carbonyl (C=O) groups excluding carboxylic acids is 1. The summed E-state index contributed by atoms with van der Waals surface area (Å²) in [6.07, 6.45) is -1.39. The van der Waals surface area contributed by atoms with Gasteiger partial charge in [0.05, 0.1) is 11.0 Å². The third-order valence-electron chi connectivity index (χ3n) is 4.29. The summed E-state index contributed by atoms with van der Waals surface area (Å²) in [4.78, 5) is 16.8. The van der Waals surface area contributed by atoms with Crippen molar-refractivity contribution in [2.24, 2.45) is 0 Å². The zero-order valence-electron chi connectivity index (χ0n) is 11.7. The number of nitrogens with zero attached hydrogens (tertiary/aromatic N) is 1. The summed E-state index contributed by atoms with van der Waals surface area (Å²) in [5, 5.41) is 0. The number of rotatable bonds is 3. The number of carbonyl (C=O) groups is 1. The molecule has 1 aliphatic rings. The van der Waals surface area contributed by atoms with Crippen LogP contribution in [0.15, 0.2) is 48.7 Å². The van der Waals surface area contributed by atoms with E-state index in [1.54, 1.807) is 24.3 Å². The van der Waals surface area contributed by atoms with E-state index in [1.165, 1.54) is 18.3 Å². The van der Waals surface area contributed by atoms with Gasteiger partial charge in [-0.1, -0.05) is 30.7 Å². The highest BCUT2D eigenvalue weighted by Crippen LogP contribution is 2.49. The molecule has 0 unspecified atom stereocenters. The zero-order chi connectivity index (χ0) is 15.8. The summed E-state index contributed by atoms with van der Waals surface area (Å²) in [5.41, 5.74) is -1.52. The lowest BCUT2D eigenvalue weighted by atomic mass is 9.60. The minimum absolute atomic E-state index is 0.0735. The second-order valence-corrected chi connectivity index (χ2v) is 5.52. The van der Waals surface area contributed by atoms with Crippen molar-refractivity contribution >= 4 is 5.78 Å². The van der Waals surface area contributed by atoms with Crippen molar-refractivity contribution < 1.29 is 18.0 Å². The van der Waals surface area contributed by atoms with Gasteiger partial charge in [0.15, 0.2) is 5.78 Å². The van der Waals surface area contributed by atoms with E-state index in [0.717, 1.165) is 12.5 Å². The molecule has 3 rings (SSSR count). The first kappa shape index (κ1) is 14.8. The lowest BCUT2D eigenvalue weighted by Crippen LogP contribution is -2.44. The molecule has 1 aliphatic carbocycles. The predicted octanol–water partition coefficient (Wildman–Crippen LogP) is 4.41. The van der Waals surface area contributed by atoms with Gasteiger partial charge < -0.3 is 0 Å². The quantitative estimate of drug-likeness (QED) is 0.786. The second kappa shape index (κ2) is 5.23. The summed E-state index contributed by atoms with van der Waals surface area (Å²) in [5.74, 6) is -0.323. The molecule has 1 aromatic heterocycles. The zero-order valence-corrected chi connectivity index (χ0v) is 11.7. The minimum Gasteiger partial charge on any atom is -0.291 e. The van der Waals surface area contributed by atoms with Crippen LogP contribution >= 0.6 is 0 Å². The van der Waals surface area contributed by atoms with E-state index in [4.69, 9.17) is 0 Å². The Labute approximate surface area is 126 Å². The molecule has 5 heteroatoms. The lowest BCUT2D eigenvalue weighted by Gasteiger charge is -2.41. The lowest BCUT2D eigenvalue weighted by molar-refractivity contribution is -0.138. The van der Waals surface area contributed by atoms with E-state index in [1.807, 2.05) is 0 Å². The average Bonchev–Trinajstić information content (AvgIpc) is 2.46. The molecule has 2 nitrogen and oxygen atoms in total. The number of ketones is 1. The van der Waals surface area contributed by atoms with Crippen LogP contribution in [0.4, 0.5) is 13.2 Å².